The number of carbonyl (C=O) groups excluding carboxylic acids is 1. The third kappa shape index (κ3) is 6.58. The number of rotatable bonds is 10. The van der Waals surface area contributed by atoms with Crippen LogP contribution in [0.1, 0.15) is 79.4 Å². The van der Waals surface area contributed by atoms with Gasteiger partial charge in [-0.2, -0.15) is 0 Å². The minimum absolute atomic E-state index is 0.0181. The summed E-state index contributed by atoms with van der Waals surface area (Å²) < 4.78 is 0. The third-order valence-corrected chi connectivity index (χ3v) is 6.01. The van der Waals surface area contributed by atoms with E-state index in [0.717, 1.165) is 44.3 Å². The van der Waals surface area contributed by atoms with Crippen molar-refractivity contribution in [2.75, 3.05) is 18.0 Å². The van der Waals surface area contributed by atoms with Crippen molar-refractivity contribution >= 4 is 17.6 Å². The van der Waals surface area contributed by atoms with Crippen LogP contribution in [-0.2, 0) is 11.2 Å². The molecule has 1 atom stereocenters. The van der Waals surface area contributed by atoms with Crippen molar-refractivity contribution < 1.29 is 14.7 Å². The van der Waals surface area contributed by atoms with Crippen LogP contribution in [-0.4, -0.2) is 30.1 Å². The van der Waals surface area contributed by atoms with Gasteiger partial charge in [-0.25, -0.2) is 4.79 Å². The fourth-order valence-corrected chi connectivity index (χ4v) is 4.30. The van der Waals surface area contributed by atoms with E-state index >= 15 is 0 Å². The average Bonchev–Trinajstić information content (AvgIpc) is 2.79. The normalized spacial score (nSPS) is 14.8. The van der Waals surface area contributed by atoms with E-state index in [-0.39, 0.29) is 23.9 Å². The van der Waals surface area contributed by atoms with Crippen LogP contribution < -0.4 is 10.2 Å². The molecule has 0 aliphatic carbocycles. The van der Waals surface area contributed by atoms with E-state index < -0.39 is 5.97 Å². The third-order valence-electron chi connectivity index (χ3n) is 6.01. The number of benzene rings is 2. The molecular weight excluding hydrogens is 388 g/mol. The number of carboxylic acids is 1. The SMILES string of the molecule is CCCCCC(NC(=O)Cc1ccc(C(=O)O)cc1)c1ccccc1N1CCCCC1. The molecule has 1 saturated heterocycles. The molecular formula is C26H34N2O3. The predicted octanol–water partition coefficient (Wildman–Crippen LogP) is 5.36. The first-order valence-electron chi connectivity index (χ1n) is 11.5. The zero-order valence-electron chi connectivity index (χ0n) is 18.5. The number of nitrogens with zero attached hydrogens (tertiary/aromatic N) is 1. The highest BCUT2D eigenvalue weighted by Gasteiger charge is 2.21. The van der Waals surface area contributed by atoms with Crippen molar-refractivity contribution in [3.8, 4) is 0 Å². The molecule has 0 bridgehead atoms. The maximum absolute atomic E-state index is 12.9. The Morgan fingerprint density at radius 2 is 1.71 bits per heavy atom. The number of unbranched alkanes of at least 4 members (excludes halogenated alkanes) is 2. The van der Waals surface area contributed by atoms with Gasteiger partial charge in [0, 0.05) is 18.8 Å². The number of hydrogen-bond acceptors (Lipinski definition) is 3. The van der Waals surface area contributed by atoms with Gasteiger partial charge in [0.2, 0.25) is 5.91 Å². The lowest BCUT2D eigenvalue weighted by atomic mass is 9.96. The largest absolute Gasteiger partial charge is 0.478 e. The molecule has 0 aromatic heterocycles. The summed E-state index contributed by atoms with van der Waals surface area (Å²) in [7, 11) is 0. The number of carboxylic acid groups (broad SMARTS) is 1. The van der Waals surface area contributed by atoms with Crippen LogP contribution in [0.3, 0.4) is 0 Å². The van der Waals surface area contributed by atoms with Gasteiger partial charge in [-0.3, -0.25) is 4.79 Å². The molecule has 31 heavy (non-hydrogen) atoms. The van der Waals surface area contributed by atoms with E-state index in [1.165, 1.54) is 30.5 Å². The Kier molecular flexibility index (Phi) is 8.51. The summed E-state index contributed by atoms with van der Waals surface area (Å²) in [6.07, 6.45) is 8.25. The molecule has 2 aromatic carbocycles. The Bertz CT molecular complexity index is 857. The number of nitrogens with one attached hydrogen (secondary N) is 1. The van der Waals surface area contributed by atoms with E-state index in [9.17, 15) is 9.59 Å². The molecule has 1 heterocycles. The first-order valence-corrected chi connectivity index (χ1v) is 11.5. The van der Waals surface area contributed by atoms with E-state index in [0.29, 0.717) is 0 Å². The van der Waals surface area contributed by atoms with Crippen molar-refractivity contribution in [3.63, 3.8) is 0 Å². The molecule has 0 radical (unpaired) electrons. The topological polar surface area (TPSA) is 69.6 Å². The summed E-state index contributed by atoms with van der Waals surface area (Å²) in [6, 6.07) is 15.0. The summed E-state index contributed by atoms with van der Waals surface area (Å²) >= 11 is 0. The smallest absolute Gasteiger partial charge is 0.335 e. The summed E-state index contributed by atoms with van der Waals surface area (Å²) in [6.45, 7) is 4.33. The van der Waals surface area contributed by atoms with Gasteiger partial charge in [-0.05, 0) is 55.0 Å². The van der Waals surface area contributed by atoms with Crippen molar-refractivity contribution in [2.45, 2.75) is 64.3 Å². The molecule has 1 amide bonds. The second-order valence-electron chi connectivity index (χ2n) is 8.40. The highest BCUT2D eigenvalue weighted by Crippen LogP contribution is 2.31. The predicted molar refractivity (Wildman–Crippen MR) is 125 cm³/mol. The lowest BCUT2D eigenvalue weighted by molar-refractivity contribution is -0.121. The fraction of sp³-hybridized carbons (Fsp3) is 0.462. The molecule has 0 saturated carbocycles. The number of anilines is 1. The molecule has 1 aliphatic rings. The molecule has 3 rings (SSSR count). The van der Waals surface area contributed by atoms with Crippen LogP contribution >= 0.6 is 0 Å². The van der Waals surface area contributed by atoms with E-state index in [1.54, 1.807) is 24.3 Å². The summed E-state index contributed by atoms with van der Waals surface area (Å²) in [5.41, 5.74) is 3.50. The van der Waals surface area contributed by atoms with Crippen molar-refractivity contribution in [3.05, 3.63) is 65.2 Å². The summed E-state index contributed by atoms with van der Waals surface area (Å²) in [5, 5.41) is 12.3. The minimum atomic E-state index is -0.957. The van der Waals surface area contributed by atoms with Gasteiger partial charge < -0.3 is 15.3 Å². The van der Waals surface area contributed by atoms with Gasteiger partial charge in [-0.1, -0.05) is 56.5 Å². The number of aromatic carboxylic acids is 1. The van der Waals surface area contributed by atoms with Gasteiger partial charge >= 0.3 is 5.97 Å². The molecule has 0 spiro atoms. The lowest BCUT2D eigenvalue weighted by Crippen LogP contribution is -2.34. The first-order chi connectivity index (χ1) is 15.1. The molecule has 166 valence electrons. The van der Waals surface area contributed by atoms with Gasteiger partial charge in [-0.15, -0.1) is 0 Å². The Morgan fingerprint density at radius 1 is 1.00 bits per heavy atom. The monoisotopic (exact) mass is 422 g/mol. The fourth-order valence-electron chi connectivity index (χ4n) is 4.30. The maximum Gasteiger partial charge on any atom is 0.335 e. The number of carbonyl (C=O) groups is 2. The minimum Gasteiger partial charge on any atom is -0.478 e. The van der Waals surface area contributed by atoms with Crippen molar-refractivity contribution in [1.82, 2.24) is 5.32 Å². The summed E-state index contributed by atoms with van der Waals surface area (Å²) in [5.74, 6) is -0.987. The average molecular weight is 423 g/mol. The molecule has 5 heteroatoms. The van der Waals surface area contributed by atoms with E-state index in [4.69, 9.17) is 5.11 Å². The second kappa shape index (κ2) is 11.5. The molecule has 1 unspecified atom stereocenters. The highest BCUT2D eigenvalue weighted by molar-refractivity contribution is 5.87. The lowest BCUT2D eigenvalue weighted by Gasteiger charge is -2.33. The molecule has 1 fully saturated rings. The number of piperidine rings is 1. The number of amides is 1. The van der Waals surface area contributed by atoms with Crippen LogP contribution in [0.25, 0.3) is 0 Å². The maximum atomic E-state index is 12.9. The van der Waals surface area contributed by atoms with Crippen LogP contribution in [0.5, 0.6) is 0 Å². The van der Waals surface area contributed by atoms with Crippen LogP contribution in [0.4, 0.5) is 5.69 Å². The first kappa shape index (κ1) is 22.9. The van der Waals surface area contributed by atoms with Crippen molar-refractivity contribution in [1.29, 1.82) is 0 Å². The Morgan fingerprint density at radius 3 is 2.39 bits per heavy atom. The molecule has 2 aromatic rings. The zero-order chi connectivity index (χ0) is 22.1. The van der Waals surface area contributed by atoms with Gasteiger partial charge in [0.25, 0.3) is 0 Å². The standard InChI is InChI=1S/C26H34N2O3/c1-2-3-5-11-23(22-10-6-7-12-24(22)28-17-8-4-9-18-28)27-25(29)19-20-13-15-21(16-14-20)26(30)31/h6-7,10,12-16,23H,2-5,8-9,11,17-19H2,1H3,(H,27,29)(H,30,31). The number of para-hydroxylation sites is 1. The summed E-state index contributed by atoms with van der Waals surface area (Å²) in [4.78, 5) is 26.4. The highest BCUT2D eigenvalue weighted by atomic mass is 16.4. The Labute approximate surface area is 185 Å². The Hall–Kier alpha value is -2.82. The van der Waals surface area contributed by atoms with E-state index in [2.05, 4.69) is 41.4 Å². The van der Waals surface area contributed by atoms with Crippen LogP contribution in [0.15, 0.2) is 48.5 Å². The molecule has 1 aliphatic heterocycles. The van der Waals surface area contributed by atoms with Crippen LogP contribution in [0.2, 0.25) is 0 Å². The van der Waals surface area contributed by atoms with Gasteiger partial charge in [0.05, 0.1) is 18.0 Å². The molecule has 5 nitrogen and oxygen atoms in total. The zero-order valence-corrected chi connectivity index (χ0v) is 18.5. The van der Waals surface area contributed by atoms with Gasteiger partial charge in [0.15, 0.2) is 0 Å². The van der Waals surface area contributed by atoms with E-state index in [1.807, 2.05) is 0 Å². The second-order valence-corrected chi connectivity index (χ2v) is 8.40. The van der Waals surface area contributed by atoms with Crippen LogP contribution in [0, 0.1) is 0 Å². The quantitative estimate of drug-likeness (QED) is 0.506. The molecule has 2 N–H and O–H groups in total. The van der Waals surface area contributed by atoms with Gasteiger partial charge in [0.1, 0.15) is 0 Å². The van der Waals surface area contributed by atoms with Crippen molar-refractivity contribution in [2.24, 2.45) is 0 Å². The number of hydrogen-bond donors (Lipinski definition) is 2. The Balaban J connectivity index is 1.74.